The van der Waals surface area contributed by atoms with Gasteiger partial charge >= 0.3 is 0 Å². The molecule has 1 aromatic heterocycles. The molecule has 1 aromatic carbocycles. The number of hydrogen-bond acceptors (Lipinski definition) is 2. The van der Waals surface area contributed by atoms with E-state index in [4.69, 9.17) is 0 Å². The van der Waals surface area contributed by atoms with Crippen LogP contribution in [0.1, 0.15) is 0 Å². The molecule has 0 radical (unpaired) electrons. The summed E-state index contributed by atoms with van der Waals surface area (Å²) >= 11 is 0. The standard InChI is InChI=1S/C9H10N2O2/c1-10-6-4-3-5-7(12)8(6)9(13)11(10)2/h3-5,12H,1-2H3. The molecule has 0 unspecified atom stereocenters. The summed E-state index contributed by atoms with van der Waals surface area (Å²) in [7, 11) is 3.45. The predicted molar refractivity (Wildman–Crippen MR) is 49.8 cm³/mol. The fraction of sp³-hybridized carbons (Fsp3) is 0.222. The van der Waals surface area contributed by atoms with Gasteiger partial charge in [-0.25, -0.2) is 0 Å². The minimum Gasteiger partial charge on any atom is -0.507 e. The molecule has 0 aliphatic heterocycles. The lowest BCUT2D eigenvalue weighted by Gasteiger charge is -1.98. The van der Waals surface area contributed by atoms with Crippen LogP contribution < -0.4 is 5.56 Å². The van der Waals surface area contributed by atoms with Crippen LogP contribution in [-0.2, 0) is 14.1 Å². The zero-order valence-corrected chi connectivity index (χ0v) is 7.48. The zero-order chi connectivity index (χ0) is 9.59. The van der Waals surface area contributed by atoms with Crippen molar-refractivity contribution in [3.05, 3.63) is 28.6 Å². The van der Waals surface area contributed by atoms with Crippen LogP contribution in [0.15, 0.2) is 23.0 Å². The van der Waals surface area contributed by atoms with Crippen LogP contribution >= 0.6 is 0 Å². The number of rotatable bonds is 0. The number of fused-ring (bicyclic) bond motifs is 1. The Bertz CT molecular complexity index is 522. The molecule has 1 N–H and O–H groups in total. The summed E-state index contributed by atoms with van der Waals surface area (Å²) in [6.07, 6.45) is 0. The molecule has 1 heterocycles. The van der Waals surface area contributed by atoms with Crippen LogP contribution in [0.2, 0.25) is 0 Å². The smallest absolute Gasteiger partial charge is 0.278 e. The second-order valence-corrected chi connectivity index (χ2v) is 3.02. The lowest BCUT2D eigenvalue weighted by Crippen LogP contribution is -2.16. The Morgan fingerprint density at radius 2 is 1.92 bits per heavy atom. The maximum absolute atomic E-state index is 11.6. The first kappa shape index (κ1) is 7.91. The quantitative estimate of drug-likeness (QED) is 0.641. The second-order valence-electron chi connectivity index (χ2n) is 3.02. The molecule has 2 rings (SSSR count). The van der Waals surface area contributed by atoms with Crippen molar-refractivity contribution in [2.24, 2.45) is 14.1 Å². The van der Waals surface area contributed by atoms with Crippen molar-refractivity contribution < 1.29 is 5.11 Å². The van der Waals surface area contributed by atoms with Crippen molar-refractivity contribution in [1.29, 1.82) is 0 Å². The first-order valence-electron chi connectivity index (χ1n) is 3.96. The molecule has 0 saturated heterocycles. The number of phenols is 1. The highest BCUT2D eigenvalue weighted by Crippen LogP contribution is 2.20. The molecule has 0 bridgehead atoms. The summed E-state index contributed by atoms with van der Waals surface area (Å²) in [5, 5.41) is 9.85. The average molecular weight is 178 g/mol. The number of phenolic OH excluding ortho intramolecular Hbond substituents is 1. The summed E-state index contributed by atoms with van der Waals surface area (Å²) in [6.45, 7) is 0. The van der Waals surface area contributed by atoms with Gasteiger partial charge in [0, 0.05) is 14.1 Å². The zero-order valence-electron chi connectivity index (χ0n) is 7.48. The number of benzene rings is 1. The topological polar surface area (TPSA) is 47.2 Å². The molecule has 2 aromatic rings. The SMILES string of the molecule is Cn1c(=O)c2c(O)cccc2n1C. The summed E-state index contributed by atoms with van der Waals surface area (Å²) in [5.41, 5.74) is 0.572. The highest BCUT2D eigenvalue weighted by Gasteiger charge is 2.10. The number of hydrogen-bond donors (Lipinski definition) is 1. The summed E-state index contributed by atoms with van der Waals surface area (Å²) in [6, 6.07) is 5.04. The molecule has 0 atom stereocenters. The van der Waals surface area contributed by atoms with Gasteiger partial charge in [0.1, 0.15) is 11.1 Å². The molecule has 0 spiro atoms. The molecular weight excluding hydrogens is 168 g/mol. The highest BCUT2D eigenvalue weighted by molar-refractivity contribution is 5.84. The molecule has 0 amide bonds. The number of aromatic hydroxyl groups is 1. The highest BCUT2D eigenvalue weighted by atomic mass is 16.3. The normalized spacial score (nSPS) is 10.9. The van der Waals surface area contributed by atoms with Crippen LogP contribution in [0.5, 0.6) is 5.75 Å². The lowest BCUT2D eigenvalue weighted by molar-refractivity contribution is 0.481. The first-order chi connectivity index (χ1) is 6.13. The molecule has 4 heteroatoms. The van der Waals surface area contributed by atoms with E-state index >= 15 is 0 Å². The van der Waals surface area contributed by atoms with Crippen molar-refractivity contribution >= 4 is 10.9 Å². The third-order valence-corrected chi connectivity index (χ3v) is 2.33. The minimum absolute atomic E-state index is 0.0405. The Hall–Kier alpha value is -1.71. The Labute approximate surface area is 74.6 Å². The molecule has 0 saturated carbocycles. The van der Waals surface area contributed by atoms with Crippen LogP contribution in [0.3, 0.4) is 0 Å². The van der Waals surface area contributed by atoms with Gasteiger partial charge in [-0.2, -0.15) is 0 Å². The molecule has 0 fully saturated rings. The molecule has 0 aliphatic carbocycles. The van der Waals surface area contributed by atoms with E-state index in [9.17, 15) is 9.90 Å². The van der Waals surface area contributed by atoms with E-state index in [0.717, 1.165) is 5.52 Å². The van der Waals surface area contributed by atoms with Gasteiger partial charge in [-0.15, -0.1) is 0 Å². The molecular formula is C9H10N2O2. The van der Waals surface area contributed by atoms with E-state index in [1.165, 1.54) is 10.7 Å². The van der Waals surface area contributed by atoms with Crippen LogP contribution in [0.4, 0.5) is 0 Å². The predicted octanol–water partition coefficient (Wildman–Crippen LogP) is 0.583. The monoisotopic (exact) mass is 178 g/mol. The van der Waals surface area contributed by atoms with Crippen molar-refractivity contribution in [1.82, 2.24) is 9.36 Å². The van der Waals surface area contributed by atoms with Crippen molar-refractivity contribution in [3.8, 4) is 5.75 Å². The summed E-state index contributed by atoms with van der Waals surface area (Å²) < 4.78 is 3.17. The fourth-order valence-electron chi connectivity index (χ4n) is 1.48. The molecule has 68 valence electrons. The van der Waals surface area contributed by atoms with Crippen molar-refractivity contribution in [2.75, 3.05) is 0 Å². The van der Waals surface area contributed by atoms with Crippen LogP contribution in [0, 0.1) is 0 Å². The van der Waals surface area contributed by atoms with Gasteiger partial charge in [0.2, 0.25) is 0 Å². The first-order valence-corrected chi connectivity index (χ1v) is 3.96. The number of aryl methyl sites for hydroxylation is 1. The van der Waals surface area contributed by atoms with Gasteiger partial charge in [0.15, 0.2) is 0 Å². The Balaban J connectivity index is 3.12. The van der Waals surface area contributed by atoms with E-state index in [1.54, 1.807) is 30.9 Å². The van der Waals surface area contributed by atoms with Crippen LogP contribution in [0.25, 0.3) is 10.9 Å². The van der Waals surface area contributed by atoms with Gasteiger partial charge < -0.3 is 5.11 Å². The largest absolute Gasteiger partial charge is 0.507 e. The van der Waals surface area contributed by atoms with E-state index < -0.39 is 0 Å². The number of nitrogens with zero attached hydrogens (tertiary/aromatic N) is 2. The maximum atomic E-state index is 11.6. The summed E-state index contributed by atoms with van der Waals surface area (Å²) in [4.78, 5) is 11.6. The minimum atomic E-state index is -0.171. The average Bonchev–Trinajstić information content (AvgIpc) is 2.33. The second kappa shape index (κ2) is 2.39. The van der Waals surface area contributed by atoms with Gasteiger partial charge in [0.05, 0.1) is 5.52 Å². The Kier molecular flexibility index (Phi) is 1.45. The van der Waals surface area contributed by atoms with Crippen molar-refractivity contribution in [2.45, 2.75) is 0 Å². The van der Waals surface area contributed by atoms with E-state index in [1.807, 2.05) is 0 Å². The van der Waals surface area contributed by atoms with Gasteiger partial charge in [-0.05, 0) is 12.1 Å². The third kappa shape index (κ3) is 0.884. The van der Waals surface area contributed by atoms with E-state index in [-0.39, 0.29) is 11.3 Å². The molecule has 4 nitrogen and oxygen atoms in total. The third-order valence-electron chi connectivity index (χ3n) is 2.33. The Morgan fingerprint density at radius 3 is 2.54 bits per heavy atom. The fourth-order valence-corrected chi connectivity index (χ4v) is 1.48. The molecule has 0 aliphatic rings. The van der Waals surface area contributed by atoms with Crippen molar-refractivity contribution in [3.63, 3.8) is 0 Å². The Morgan fingerprint density at radius 1 is 1.23 bits per heavy atom. The van der Waals surface area contributed by atoms with Crippen LogP contribution in [-0.4, -0.2) is 14.5 Å². The maximum Gasteiger partial charge on any atom is 0.278 e. The van der Waals surface area contributed by atoms with E-state index in [2.05, 4.69) is 0 Å². The van der Waals surface area contributed by atoms with E-state index in [0.29, 0.717) is 5.39 Å². The lowest BCUT2D eigenvalue weighted by atomic mass is 10.2. The summed E-state index contributed by atoms with van der Waals surface area (Å²) in [5.74, 6) is 0.0405. The molecule has 13 heavy (non-hydrogen) atoms. The number of aromatic nitrogens is 2. The van der Waals surface area contributed by atoms with Gasteiger partial charge in [0.25, 0.3) is 5.56 Å². The van der Waals surface area contributed by atoms with Gasteiger partial charge in [-0.1, -0.05) is 6.07 Å². The van der Waals surface area contributed by atoms with Gasteiger partial charge in [-0.3, -0.25) is 14.2 Å².